The Balaban J connectivity index is 1.40. The smallest absolute Gasteiger partial charge is 0.166 e. The molecule has 2 aliphatic carbocycles. The molecular formula is C29H25F2N5. The largest absolute Gasteiger partial charge is 0.310 e. The number of benzene rings is 2. The number of halogens is 2. The molecule has 180 valence electrons. The van der Waals surface area contributed by atoms with Crippen LogP contribution in [0.2, 0.25) is 0 Å². The predicted molar refractivity (Wildman–Crippen MR) is 134 cm³/mol. The molecule has 1 aromatic heterocycles. The molecule has 7 heteroatoms. The van der Waals surface area contributed by atoms with E-state index in [1.54, 1.807) is 23.7 Å². The molecule has 0 radical (unpaired) electrons. The molecule has 0 aliphatic heterocycles. The molecule has 3 aromatic rings. The van der Waals surface area contributed by atoms with E-state index in [1.165, 1.54) is 12.1 Å². The van der Waals surface area contributed by atoms with Gasteiger partial charge in [-0.1, -0.05) is 24.3 Å². The summed E-state index contributed by atoms with van der Waals surface area (Å²) in [7, 11) is 1.70. The van der Waals surface area contributed by atoms with Crippen LogP contribution in [0.4, 0.5) is 8.78 Å². The first-order valence-electron chi connectivity index (χ1n) is 12.2. The standard InChI is InChI=1S/C29H25F2N5/c1-36-28(24-12-10-22(14-26(24)30)20-6-2-18(16-32)3-7-20)34-35-29(36)25-13-11-23(15-27(25)31)21-8-4-19(17-33)5-9-21/h6,8,10-15,18-19H,2-5,7,9H2,1H3. The summed E-state index contributed by atoms with van der Waals surface area (Å²) in [5.41, 5.74) is 4.28. The lowest BCUT2D eigenvalue weighted by atomic mass is 9.87. The Morgan fingerprint density at radius 2 is 1.22 bits per heavy atom. The van der Waals surface area contributed by atoms with Crippen LogP contribution in [0, 0.1) is 46.1 Å². The predicted octanol–water partition coefficient (Wildman–Crippen LogP) is 6.84. The van der Waals surface area contributed by atoms with Gasteiger partial charge in [0.2, 0.25) is 0 Å². The van der Waals surface area contributed by atoms with Gasteiger partial charge in [0.1, 0.15) is 11.6 Å². The SMILES string of the molecule is Cn1c(-c2ccc(C3=CCC(C#N)CC3)cc2F)nnc1-c1ccc(C2=CCC(C#N)CC2)cc1F. The quantitative estimate of drug-likeness (QED) is 0.409. The van der Waals surface area contributed by atoms with E-state index in [2.05, 4.69) is 22.3 Å². The Kier molecular flexibility index (Phi) is 6.48. The summed E-state index contributed by atoms with van der Waals surface area (Å²) in [5.74, 6) is -0.156. The zero-order chi connectivity index (χ0) is 25.2. The Morgan fingerprint density at radius 3 is 1.56 bits per heavy atom. The van der Waals surface area contributed by atoms with Crippen LogP contribution in [0.25, 0.3) is 33.9 Å². The van der Waals surface area contributed by atoms with Crippen LogP contribution in [-0.2, 0) is 7.05 Å². The van der Waals surface area contributed by atoms with Crippen molar-refractivity contribution in [1.82, 2.24) is 14.8 Å². The monoisotopic (exact) mass is 481 g/mol. The second-order valence-corrected chi connectivity index (χ2v) is 9.46. The van der Waals surface area contributed by atoms with Gasteiger partial charge in [-0.3, -0.25) is 0 Å². The molecule has 2 atom stereocenters. The van der Waals surface area contributed by atoms with E-state index in [-0.39, 0.29) is 11.8 Å². The summed E-state index contributed by atoms with van der Waals surface area (Å²) < 4.78 is 31.9. The molecule has 36 heavy (non-hydrogen) atoms. The van der Waals surface area contributed by atoms with Gasteiger partial charge in [0, 0.05) is 7.05 Å². The van der Waals surface area contributed by atoms with Crippen molar-refractivity contribution in [1.29, 1.82) is 10.5 Å². The number of hydrogen-bond donors (Lipinski definition) is 0. The van der Waals surface area contributed by atoms with Crippen LogP contribution >= 0.6 is 0 Å². The number of allylic oxidation sites excluding steroid dienone is 4. The van der Waals surface area contributed by atoms with Gasteiger partial charge in [0.15, 0.2) is 11.6 Å². The number of rotatable bonds is 4. The van der Waals surface area contributed by atoms with Crippen molar-refractivity contribution in [2.45, 2.75) is 38.5 Å². The van der Waals surface area contributed by atoms with Gasteiger partial charge in [-0.05, 0) is 85.1 Å². The highest BCUT2D eigenvalue weighted by Gasteiger charge is 2.21. The highest BCUT2D eigenvalue weighted by molar-refractivity contribution is 5.72. The van der Waals surface area contributed by atoms with Crippen molar-refractivity contribution in [3.05, 3.63) is 71.3 Å². The van der Waals surface area contributed by atoms with Gasteiger partial charge >= 0.3 is 0 Å². The number of aromatic nitrogens is 3. The van der Waals surface area contributed by atoms with E-state index < -0.39 is 11.6 Å². The number of nitrogens with zero attached hydrogens (tertiary/aromatic N) is 5. The normalized spacial score (nSPS) is 19.7. The summed E-state index contributed by atoms with van der Waals surface area (Å²) in [6.07, 6.45) is 8.45. The molecule has 2 unspecified atom stereocenters. The topological polar surface area (TPSA) is 78.3 Å². The molecular weight excluding hydrogens is 456 g/mol. The minimum atomic E-state index is -0.423. The zero-order valence-electron chi connectivity index (χ0n) is 20.0. The second-order valence-electron chi connectivity index (χ2n) is 9.46. The first-order valence-corrected chi connectivity index (χ1v) is 12.2. The maximum absolute atomic E-state index is 15.2. The first-order chi connectivity index (χ1) is 17.5. The van der Waals surface area contributed by atoms with Gasteiger partial charge in [-0.25, -0.2) is 8.78 Å². The van der Waals surface area contributed by atoms with E-state index in [0.717, 1.165) is 48.0 Å². The first kappa shape index (κ1) is 23.6. The molecule has 0 bridgehead atoms. The van der Waals surface area contributed by atoms with Crippen molar-refractivity contribution >= 4 is 11.1 Å². The van der Waals surface area contributed by atoms with Crippen molar-refractivity contribution in [3.8, 4) is 34.9 Å². The highest BCUT2D eigenvalue weighted by Crippen LogP contribution is 2.35. The van der Waals surface area contributed by atoms with E-state index >= 15 is 8.78 Å². The number of nitriles is 2. The summed E-state index contributed by atoms with van der Waals surface area (Å²) >= 11 is 0. The van der Waals surface area contributed by atoms with Crippen LogP contribution in [-0.4, -0.2) is 14.8 Å². The Morgan fingerprint density at radius 1 is 0.778 bits per heavy atom. The van der Waals surface area contributed by atoms with Gasteiger partial charge in [0.25, 0.3) is 0 Å². The average Bonchev–Trinajstić information content (AvgIpc) is 3.29. The summed E-state index contributed by atoms with van der Waals surface area (Å²) in [6.45, 7) is 0. The molecule has 0 spiro atoms. The van der Waals surface area contributed by atoms with Crippen molar-refractivity contribution in [3.63, 3.8) is 0 Å². The second kappa shape index (κ2) is 9.87. The fraction of sp³-hybridized carbons (Fsp3) is 0.310. The Bertz CT molecular complexity index is 1360. The van der Waals surface area contributed by atoms with Crippen molar-refractivity contribution in [2.24, 2.45) is 18.9 Å². The molecule has 5 rings (SSSR count). The van der Waals surface area contributed by atoms with Crippen LogP contribution in [0.5, 0.6) is 0 Å². The summed E-state index contributed by atoms with van der Waals surface area (Å²) in [4.78, 5) is 0. The van der Waals surface area contributed by atoms with Crippen LogP contribution in [0.3, 0.4) is 0 Å². The molecule has 0 saturated heterocycles. The van der Waals surface area contributed by atoms with Crippen molar-refractivity contribution < 1.29 is 8.78 Å². The van der Waals surface area contributed by atoms with Crippen LogP contribution in [0.1, 0.15) is 49.7 Å². The van der Waals surface area contributed by atoms with E-state index in [1.807, 2.05) is 24.3 Å². The van der Waals surface area contributed by atoms with Gasteiger partial charge in [-0.15, -0.1) is 10.2 Å². The fourth-order valence-corrected chi connectivity index (χ4v) is 5.02. The molecule has 0 saturated carbocycles. The lowest BCUT2D eigenvalue weighted by molar-refractivity contribution is 0.603. The van der Waals surface area contributed by atoms with E-state index in [0.29, 0.717) is 35.6 Å². The zero-order valence-corrected chi connectivity index (χ0v) is 20.0. The van der Waals surface area contributed by atoms with Gasteiger partial charge < -0.3 is 4.57 Å². The fourth-order valence-electron chi connectivity index (χ4n) is 5.02. The summed E-state index contributed by atoms with van der Waals surface area (Å²) in [6, 6.07) is 14.6. The third-order valence-electron chi connectivity index (χ3n) is 7.22. The molecule has 2 aromatic carbocycles. The molecule has 0 fully saturated rings. The molecule has 1 heterocycles. The Hall–Kier alpha value is -4.10. The van der Waals surface area contributed by atoms with Crippen LogP contribution < -0.4 is 0 Å². The van der Waals surface area contributed by atoms with Gasteiger partial charge in [-0.2, -0.15) is 10.5 Å². The van der Waals surface area contributed by atoms with E-state index in [9.17, 15) is 0 Å². The third-order valence-corrected chi connectivity index (χ3v) is 7.22. The molecule has 5 nitrogen and oxygen atoms in total. The molecule has 0 N–H and O–H groups in total. The average molecular weight is 482 g/mol. The lowest BCUT2D eigenvalue weighted by Gasteiger charge is -2.17. The Labute approximate surface area is 209 Å². The van der Waals surface area contributed by atoms with Gasteiger partial charge in [0.05, 0.1) is 35.1 Å². The maximum Gasteiger partial charge on any atom is 0.166 e. The molecule has 0 amide bonds. The third kappa shape index (κ3) is 4.45. The number of hydrogen-bond acceptors (Lipinski definition) is 4. The van der Waals surface area contributed by atoms with Crippen LogP contribution in [0.15, 0.2) is 48.6 Å². The summed E-state index contributed by atoms with van der Waals surface area (Å²) in [5, 5.41) is 26.5. The highest BCUT2D eigenvalue weighted by atomic mass is 19.1. The van der Waals surface area contributed by atoms with E-state index in [4.69, 9.17) is 10.5 Å². The maximum atomic E-state index is 15.2. The van der Waals surface area contributed by atoms with Crippen molar-refractivity contribution in [2.75, 3.05) is 0 Å². The minimum absolute atomic E-state index is 0.0275. The lowest BCUT2D eigenvalue weighted by Crippen LogP contribution is -2.04. The molecule has 2 aliphatic rings. The minimum Gasteiger partial charge on any atom is -0.310 e.